The van der Waals surface area contributed by atoms with Gasteiger partial charge in [0, 0.05) is 55.9 Å². The maximum atomic E-state index is 13.3. The quantitative estimate of drug-likeness (QED) is 0.471. The van der Waals surface area contributed by atoms with Crippen LogP contribution in [0, 0.1) is 16.0 Å². The minimum atomic E-state index is -0.351. The lowest BCUT2D eigenvalue weighted by Gasteiger charge is -2.35. The number of hydrogen-bond acceptors (Lipinski definition) is 4. The van der Waals surface area contributed by atoms with Gasteiger partial charge in [0.1, 0.15) is 5.69 Å². The number of rotatable bonds is 5. The number of fused-ring (bicyclic) bond motifs is 1. The van der Waals surface area contributed by atoms with Crippen LogP contribution in [0.1, 0.15) is 24.2 Å². The molecule has 1 aliphatic rings. The molecule has 0 aliphatic carbocycles. The van der Waals surface area contributed by atoms with Crippen LogP contribution in [0.4, 0.5) is 11.4 Å². The standard InChI is InChI=1S/C23H26N4O3/c1-17(2)15-26-16-19(18-7-3-4-8-20(18)26)23(28)25-13-11-24(12-14-25)21-9-5-6-10-22(21)27(29)30/h3-10,16-17H,11-15H2,1-2H3. The summed E-state index contributed by atoms with van der Waals surface area (Å²) in [6, 6.07) is 14.8. The molecule has 0 N–H and O–H groups in total. The van der Waals surface area contributed by atoms with Gasteiger partial charge in [-0.05, 0) is 18.1 Å². The Hall–Kier alpha value is -3.35. The molecule has 1 amide bonds. The van der Waals surface area contributed by atoms with Gasteiger partial charge in [0.05, 0.1) is 10.5 Å². The number of anilines is 1. The summed E-state index contributed by atoms with van der Waals surface area (Å²) in [6.07, 6.45) is 1.97. The summed E-state index contributed by atoms with van der Waals surface area (Å²) in [5.74, 6) is 0.505. The molecule has 0 atom stereocenters. The van der Waals surface area contributed by atoms with Crippen LogP contribution >= 0.6 is 0 Å². The number of nitro groups is 1. The Balaban J connectivity index is 1.54. The van der Waals surface area contributed by atoms with E-state index in [0.717, 1.165) is 23.0 Å². The Morgan fingerprint density at radius 2 is 1.70 bits per heavy atom. The number of piperazine rings is 1. The average molecular weight is 406 g/mol. The lowest BCUT2D eigenvalue weighted by atomic mass is 10.1. The van der Waals surface area contributed by atoms with Crippen molar-refractivity contribution < 1.29 is 9.72 Å². The van der Waals surface area contributed by atoms with Crippen LogP contribution in [0.2, 0.25) is 0 Å². The maximum Gasteiger partial charge on any atom is 0.292 e. The van der Waals surface area contributed by atoms with Crippen molar-refractivity contribution in [2.24, 2.45) is 5.92 Å². The Kier molecular flexibility index (Phi) is 5.44. The monoisotopic (exact) mass is 406 g/mol. The van der Waals surface area contributed by atoms with Crippen molar-refractivity contribution in [2.45, 2.75) is 20.4 Å². The predicted octanol–water partition coefficient (Wildman–Crippen LogP) is 4.17. The first-order valence-electron chi connectivity index (χ1n) is 10.3. The minimum Gasteiger partial charge on any atom is -0.362 e. The number of benzene rings is 2. The molecule has 1 fully saturated rings. The van der Waals surface area contributed by atoms with Gasteiger partial charge in [-0.1, -0.05) is 44.2 Å². The Bertz CT molecular complexity index is 1080. The van der Waals surface area contributed by atoms with E-state index < -0.39 is 0 Å². The highest BCUT2D eigenvalue weighted by Gasteiger charge is 2.27. The third kappa shape index (κ3) is 3.75. The number of hydrogen-bond donors (Lipinski definition) is 0. The second-order valence-corrected chi connectivity index (χ2v) is 8.13. The first-order chi connectivity index (χ1) is 14.5. The zero-order valence-corrected chi connectivity index (χ0v) is 17.3. The van der Waals surface area contributed by atoms with E-state index in [4.69, 9.17) is 0 Å². The van der Waals surface area contributed by atoms with Crippen LogP contribution in [0.5, 0.6) is 0 Å². The van der Waals surface area contributed by atoms with Gasteiger partial charge in [-0.25, -0.2) is 0 Å². The van der Waals surface area contributed by atoms with Crippen LogP contribution in [0.25, 0.3) is 10.9 Å². The van der Waals surface area contributed by atoms with E-state index in [1.807, 2.05) is 40.3 Å². The summed E-state index contributed by atoms with van der Waals surface area (Å²) in [4.78, 5) is 28.1. The first kappa shape index (κ1) is 19.9. The summed E-state index contributed by atoms with van der Waals surface area (Å²) >= 11 is 0. The molecule has 0 saturated carbocycles. The molecule has 2 aromatic carbocycles. The van der Waals surface area contributed by atoms with Crippen LogP contribution in [-0.4, -0.2) is 46.5 Å². The number of amides is 1. The second-order valence-electron chi connectivity index (χ2n) is 8.13. The van der Waals surface area contributed by atoms with E-state index in [1.165, 1.54) is 6.07 Å². The van der Waals surface area contributed by atoms with Crippen molar-refractivity contribution in [2.75, 3.05) is 31.1 Å². The molecule has 1 aromatic heterocycles. The molecule has 0 bridgehead atoms. The van der Waals surface area contributed by atoms with Gasteiger partial charge in [0.25, 0.3) is 11.6 Å². The number of nitrogens with zero attached hydrogens (tertiary/aromatic N) is 4. The fraction of sp³-hybridized carbons (Fsp3) is 0.348. The smallest absolute Gasteiger partial charge is 0.292 e. The lowest BCUT2D eigenvalue weighted by molar-refractivity contribution is -0.384. The number of carbonyl (C=O) groups is 1. The van der Waals surface area contributed by atoms with Crippen molar-refractivity contribution in [3.05, 3.63) is 70.4 Å². The molecule has 7 nitrogen and oxygen atoms in total. The zero-order valence-electron chi connectivity index (χ0n) is 17.3. The Labute approximate surface area is 175 Å². The number of aromatic nitrogens is 1. The van der Waals surface area contributed by atoms with Gasteiger partial charge in [0.15, 0.2) is 0 Å². The SMILES string of the molecule is CC(C)Cn1cc(C(=O)N2CCN(c3ccccc3[N+](=O)[O-])CC2)c2ccccc21. The van der Waals surface area contributed by atoms with E-state index in [-0.39, 0.29) is 16.5 Å². The summed E-state index contributed by atoms with van der Waals surface area (Å²) in [7, 11) is 0. The molecule has 1 saturated heterocycles. The highest BCUT2D eigenvalue weighted by atomic mass is 16.6. The summed E-state index contributed by atoms with van der Waals surface area (Å²) < 4.78 is 2.16. The Morgan fingerprint density at radius 3 is 2.40 bits per heavy atom. The molecular weight excluding hydrogens is 380 g/mol. The molecule has 0 radical (unpaired) electrons. The van der Waals surface area contributed by atoms with Crippen LogP contribution in [0.15, 0.2) is 54.7 Å². The topological polar surface area (TPSA) is 71.6 Å². The van der Waals surface area contributed by atoms with E-state index >= 15 is 0 Å². The molecule has 0 unspecified atom stereocenters. The van der Waals surface area contributed by atoms with Gasteiger partial charge < -0.3 is 14.4 Å². The van der Waals surface area contributed by atoms with Crippen molar-refractivity contribution >= 4 is 28.2 Å². The fourth-order valence-corrected chi connectivity index (χ4v) is 4.17. The predicted molar refractivity (Wildman–Crippen MR) is 118 cm³/mol. The van der Waals surface area contributed by atoms with Gasteiger partial charge in [-0.2, -0.15) is 0 Å². The van der Waals surface area contributed by atoms with Crippen molar-refractivity contribution in [3.8, 4) is 0 Å². The largest absolute Gasteiger partial charge is 0.362 e. The molecule has 1 aliphatic heterocycles. The molecule has 156 valence electrons. The third-order valence-electron chi connectivity index (χ3n) is 5.57. The highest BCUT2D eigenvalue weighted by Crippen LogP contribution is 2.29. The summed E-state index contributed by atoms with van der Waals surface area (Å²) in [6.45, 7) is 7.40. The average Bonchev–Trinajstić information content (AvgIpc) is 3.11. The highest BCUT2D eigenvalue weighted by molar-refractivity contribution is 6.07. The molecule has 7 heteroatoms. The molecule has 2 heterocycles. The van der Waals surface area contributed by atoms with Crippen LogP contribution in [0.3, 0.4) is 0 Å². The van der Waals surface area contributed by atoms with Crippen molar-refractivity contribution in [1.82, 2.24) is 9.47 Å². The van der Waals surface area contributed by atoms with E-state index in [1.54, 1.807) is 12.1 Å². The van der Waals surface area contributed by atoms with Gasteiger partial charge in [-0.3, -0.25) is 14.9 Å². The summed E-state index contributed by atoms with van der Waals surface area (Å²) in [5, 5.41) is 12.3. The molecule has 4 rings (SSSR count). The van der Waals surface area contributed by atoms with Crippen LogP contribution < -0.4 is 4.90 Å². The normalized spacial score (nSPS) is 14.5. The van der Waals surface area contributed by atoms with E-state index in [0.29, 0.717) is 37.8 Å². The molecule has 0 spiro atoms. The first-order valence-corrected chi connectivity index (χ1v) is 10.3. The minimum absolute atomic E-state index is 0.0240. The van der Waals surface area contributed by atoms with Crippen LogP contribution in [-0.2, 0) is 6.54 Å². The van der Waals surface area contributed by atoms with E-state index in [2.05, 4.69) is 24.5 Å². The maximum absolute atomic E-state index is 13.3. The van der Waals surface area contributed by atoms with Crippen molar-refractivity contribution in [1.29, 1.82) is 0 Å². The lowest BCUT2D eigenvalue weighted by Crippen LogP contribution is -2.48. The van der Waals surface area contributed by atoms with Gasteiger partial charge in [-0.15, -0.1) is 0 Å². The van der Waals surface area contributed by atoms with E-state index in [9.17, 15) is 14.9 Å². The third-order valence-corrected chi connectivity index (χ3v) is 5.57. The number of nitro benzene ring substituents is 1. The number of para-hydroxylation sites is 3. The Morgan fingerprint density at radius 1 is 1.03 bits per heavy atom. The molecular formula is C23H26N4O3. The molecule has 3 aromatic rings. The zero-order chi connectivity index (χ0) is 21.3. The second kappa shape index (κ2) is 8.18. The fourth-order valence-electron chi connectivity index (χ4n) is 4.17. The summed E-state index contributed by atoms with van der Waals surface area (Å²) in [5.41, 5.74) is 2.52. The van der Waals surface area contributed by atoms with Gasteiger partial charge in [0.2, 0.25) is 0 Å². The number of carbonyl (C=O) groups excluding carboxylic acids is 1. The molecule has 30 heavy (non-hydrogen) atoms. The van der Waals surface area contributed by atoms with Gasteiger partial charge >= 0.3 is 0 Å². The van der Waals surface area contributed by atoms with Crippen molar-refractivity contribution in [3.63, 3.8) is 0 Å².